The molecule has 1 fully saturated rings. The minimum atomic E-state index is -4.10. The van der Waals surface area contributed by atoms with Crippen LogP contribution in [-0.4, -0.2) is 32.3 Å². The zero-order valence-corrected chi connectivity index (χ0v) is 13.5. The second-order valence-electron chi connectivity index (χ2n) is 5.37. The molecule has 7 heteroatoms. The van der Waals surface area contributed by atoms with Gasteiger partial charge in [0.1, 0.15) is 5.82 Å². The summed E-state index contributed by atoms with van der Waals surface area (Å²) < 4.78 is 36.8. The number of rotatable bonds is 3. The molecule has 0 radical (unpaired) electrons. The highest BCUT2D eigenvalue weighted by atomic mass is 35.7. The average molecular weight is 334 g/mol. The number of nitrogens with zero attached hydrogens (tertiary/aromatic N) is 1. The van der Waals surface area contributed by atoms with E-state index in [4.69, 9.17) is 10.7 Å². The van der Waals surface area contributed by atoms with Crippen molar-refractivity contribution < 1.29 is 17.6 Å². The number of carbonyl (C=O) groups is 1. The third-order valence-electron chi connectivity index (χ3n) is 4.00. The molecule has 0 unspecified atom stereocenters. The fourth-order valence-electron chi connectivity index (χ4n) is 2.69. The first-order valence-electron chi connectivity index (χ1n) is 6.74. The first kappa shape index (κ1) is 16.2. The van der Waals surface area contributed by atoms with E-state index in [0.717, 1.165) is 37.8 Å². The van der Waals surface area contributed by atoms with Crippen molar-refractivity contribution in [3.63, 3.8) is 0 Å². The Kier molecular flexibility index (Phi) is 4.58. The highest BCUT2D eigenvalue weighted by Gasteiger charge is 2.26. The SMILES string of the molecule is Cc1c(F)cc(C(=O)N(C)C2CCCC2)cc1S(=O)(=O)Cl. The molecule has 0 atom stereocenters. The molecule has 0 bridgehead atoms. The molecule has 1 aromatic rings. The summed E-state index contributed by atoms with van der Waals surface area (Å²) in [6, 6.07) is 2.33. The molecular formula is C14H17ClFNO3S. The number of hydrogen-bond donors (Lipinski definition) is 0. The summed E-state index contributed by atoms with van der Waals surface area (Å²) in [7, 11) is 2.86. The second kappa shape index (κ2) is 5.93. The van der Waals surface area contributed by atoms with Crippen molar-refractivity contribution in [3.05, 3.63) is 29.1 Å². The van der Waals surface area contributed by atoms with Crippen molar-refractivity contribution in [2.75, 3.05) is 7.05 Å². The number of hydrogen-bond acceptors (Lipinski definition) is 3. The van der Waals surface area contributed by atoms with Crippen LogP contribution < -0.4 is 0 Å². The van der Waals surface area contributed by atoms with Crippen LogP contribution in [0.4, 0.5) is 4.39 Å². The monoisotopic (exact) mass is 333 g/mol. The number of amides is 1. The lowest BCUT2D eigenvalue weighted by atomic mass is 10.1. The van der Waals surface area contributed by atoms with E-state index in [1.165, 1.54) is 6.92 Å². The van der Waals surface area contributed by atoms with Gasteiger partial charge in [-0.2, -0.15) is 0 Å². The van der Waals surface area contributed by atoms with Crippen molar-refractivity contribution in [3.8, 4) is 0 Å². The summed E-state index contributed by atoms with van der Waals surface area (Å²) >= 11 is 0. The standard InChI is InChI=1S/C14H17ClFNO3S/c1-9-12(16)7-10(8-13(9)21(15,19)20)14(18)17(2)11-5-3-4-6-11/h7-8,11H,3-6H2,1-2H3. The molecule has 0 aliphatic heterocycles. The molecule has 0 N–H and O–H groups in total. The molecule has 21 heavy (non-hydrogen) atoms. The lowest BCUT2D eigenvalue weighted by molar-refractivity contribution is 0.0734. The van der Waals surface area contributed by atoms with Crippen LogP contribution in [0.2, 0.25) is 0 Å². The molecule has 1 aliphatic rings. The normalized spacial score (nSPS) is 16.2. The van der Waals surface area contributed by atoms with Gasteiger partial charge in [-0.3, -0.25) is 4.79 Å². The molecule has 0 spiro atoms. The molecule has 1 amide bonds. The lowest BCUT2D eigenvalue weighted by Crippen LogP contribution is -2.35. The molecule has 4 nitrogen and oxygen atoms in total. The van der Waals surface area contributed by atoms with Crippen molar-refractivity contribution in [1.29, 1.82) is 0 Å². The Morgan fingerprint density at radius 2 is 1.90 bits per heavy atom. The van der Waals surface area contributed by atoms with E-state index in [1.807, 2.05) is 0 Å². The van der Waals surface area contributed by atoms with E-state index in [9.17, 15) is 17.6 Å². The minimum absolute atomic E-state index is 0.00623. The van der Waals surface area contributed by atoms with Crippen molar-refractivity contribution in [2.24, 2.45) is 0 Å². The summed E-state index contributed by atoms with van der Waals surface area (Å²) in [5, 5.41) is 0. The van der Waals surface area contributed by atoms with E-state index in [2.05, 4.69) is 0 Å². The lowest BCUT2D eigenvalue weighted by Gasteiger charge is -2.24. The highest BCUT2D eigenvalue weighted by molar-refractivity contribution is 8.13. The largest absolute Gasteiger partial charge is 0.339 e. The quantitative estimate of drug-likeness (QED) is 0.799. The van der Waals surface area contributed by atoms with Gasteiger partial charge in [0.2, 0.25) is 0 Å². The molecule has 2 rings (SSSR count). The molecule has 1 aromatic carbocycles. The van der Waals surface area contributed by atoms with Crippen molar-refractivity contribution in [1.82, 2.24) is 4.90 Å². The van der Waals surface area contributed by atoms with Crippen molar-refractivity contribution in [2.45, 2.75) is 43.5 Å². The molecule has 0 saturated heterocycles. The molecule has 1 saturated carbocycles. The highest BCUT2D eigenvalue weighted by Crippen LogP contribution is 2.27. The van der Waals surface area contributed by atoms with Gasteiger partial charge >= 0.3 is 0 Å². The number of benzene rings is 1. The Hall–Kier alpha value is -1.14. The average Bonchev–Trinajstić information content (AvgIpc) is 2.92. The number of carbonyl (C=O) groups excluding carboxylic acids is 1. The van der Waals surface area contributed by atoms with Gasteiger partial charge in [-0.05, 0) is 31.9 Å². The molecule has 1 aliphatic carbocycles. The van der Waals surface area contributed by atoms with Crippen molar-refractivity contribution >= 4 is 25.6 Å². The fraction of sp³-hybridized carbons (Fsp3) is 0.500. The molecule has 0 aromatic heterocycles. The van der Waals surface area contributed by atoms with E-state index in [-0.39, 0.29) is 28.0 Å². The van der Waals surface area contributed by atoms with Gasteiger partial charge in [0, 0.05) is 34.9 Å². The Morgan fingerprint density at radius 1 is 1.33 bits per heavy atom. The fourth-order valence-corrected chi connectivity index (χ4v) is 3.90. The van der Waals surface area contributed by atoms with Crippen LogP contribution in [0, 0.1) is 12.7 Å². The summed E-state index contributed by atoms with van der Waals surface area (Å²) in [5.41, 5.74) is -0.0724. The van der Waals surface area contributed by atoms with Crippen LogP contribution in [0.1, 0.15) is 41.6 Å². The van der Waals surface area contributed by atoms with Gasteiger partial charge in [-0.15, -0.1) is 0 Å². The van der Waals surface area contributed by atoms with Gasteiger partial charge in [0.05, 0.1) is 4.90 Å². The number of halogens is 2. The Bertz CT molecular complexity index is 669. The molecule has 0 heterocycles. The van der Waals surface area contributed by atoms with Crippen LogP contribution in [0.15, 0.2) is 17.0 Å². The summed E-state index contributed by atoms with van der Waals surface area (Å²) in [4.78, 5) is 13.6. The maximum atomic E-state index is 13.9. The van der Waals surface area contributed by atoms with Crippen LogP contribution in [0.5, 0.6) is 0 Å². The van der Waals surface area contributed by atoms with Gasteiger partial charge in [0.15, 0.2) is 0 Å². The maximum absolute atomic E-state index is 13.9. The van der Waals surface area contributed by atoms with Gasteiger partial charge < -0.3 is 4.90 Å². The van der Waals surface area contributed by atoms with E-state index in [0.29, 0.717) is 0 Å². The zero-order chi connectivity index (χ0) is 15.8. The zero-order valence-electron chi connectivity index (χ0n) is 11.9. The van der Waals surface area contributed by atoms with Crippen LogP contribution in [0.25, 0.3) is 0 Å². The maximum Gasteiger partial charge on any atom is 0.261 e. The molecule has 116 valence electrons. The van der Waals surface area contributed by atoms with Crippen LogP contribution >= 0.6 is 10.7 Å². The Balaban J connectivity index is 2.40. The summed E-state index contributed by atoms with van der Waals surface area (Å²) in [6.45, 7) is 1.32. The third-order valence-corrected chi connectivity index (χ3v) is 5.45. The smallest absolute Gasteiger partial charge is 0.261 e. The van der Waals surface area contributed by atoms with Gasteiger partial charge in [-0.25, -0.2) is 12.8 Å². The van der Waals surface area contributed by atoms with Gasteiger partial charge in [0.25, 0.3) is 15.0 Å². The van der Waals surface area contributed by atoms with Gasteiger partial charge in [-0.1, -0.05) is 12.8 Å². The predicted octanol–water partition coefficient (Wildman–Crippen LogP) is 3.08. The minimum Gasteiger partial charge on any atom is -0.339 e. The first-order valence-corrected chi connectivity index (χ1v) is 9.04. The summed E-state index contributed by atoms with van der Waals surface area (Å²) in [5.74, 6) is -1.14. The molecular weight excluding hydrogens is 317 g/mol. The Morgan fingerprint density at radius 3 is 2.43 bits per heavy atom. The van der Waals surface area contributed by atoms with E-state index >= 15 is 0 Å². The first-order chi connectivity index (χ1) is 9.71. The summed E-state index contributed by atoms with van der Waals surface area (Å²) in [6.07, 6.45) is 3.95. The van der Waals surface area contributed by atoms with E-state index in [1.54, 1.807) is 11.9 Å². The topological polar surface area (TPSA) is 54.5 Å². The second-order valence-corrected chi connectivity index (χ2v) is 7.91. The predicted molar refractivity (Wildman–Crippen MR) is 78.5 cm³/mol. The van der Waals surface area contributed by atoms with Crippen LogP contribution in [0.3, 0.4) is 0 Å². The Labute approximate surface area is 128 Å². The van der Waals surface area contributed by atoms with Crippen LogP contribution in [-0.2, 0) is 9.05 Å². The van der Waals surface area contributed by atoms with E-state index < -0.39 is 14.9 Å². The third kappa shape index (κ3) is 3.37.